The Hall–Kier alpha value is -3.86. The molecule has 0 aliphatic carbocycles. The fourth-order valence-electron chi connectivity index (χ4n) is 4.91. The fraction of sp³-hybridized carbons (Fsp3) is 0.417. The minimum Gasteiger partial charge on any atom is -0.497 e. The average Bonchev–Trinajstić information content (AvgIpc) is 3.58. The number of piperazine rings is 1. The summed E-state index contributed by atoms with van der Waals surface area (Å²) < 4.78 is 18.1. The maximum Gasteiger partial charge on any atom is 0.259 e. The van der Waals surface area contributed by atoms with Gasteiger partial charge in [0.25, 0.3) is 5.78 Å². The molecule has 2 unspecified atom stereocenters. The maximum absolute atomic E-state index is 6.20. The summed E-state index contributed by atoms with van der Waals surface area (Å²) in [4.78, 5) is 18.4. The number of methoxy groups -OCH3 is 1. The van der Waals surface area contributed by atoms with Gasteiger partial charge in [0, 0.05) is 38.1 Å². The van der Waals surface area contributed by atoms with E-state index in [1.165, 1.54) is 4.52 Å². The molecule has 6 rings (SSSR count). The van der Waals surface area contributed by atoms with Crippen molar-refractivity contribution in [1.82, 2.24) is 29.5 Å². The first-order valence-corrected chi connectivity index (χ1v) is 11.9. The lowest BCUT2D eigenvalue weighted by atomic mass is 9.91. The molecule has 0 radical (unpaired) electrons. The van der Waals surface area contributed by atoms with Crippen molar-refractivity contribution in [3.8, 4) is 23.1 Å². The highest BCUT2D eigenvalue weighted by molar-refractivity contribution is 5.53. The van der Waals surface area contributed by atoms with Crippen LogP contribution in [-0.2, 0) is 0 Å². The normalized spacial score (nSPS) is 20.7. The number of piperidine rings is 1. The van der Waals surface area contributed by atoms with Crippen LogP contribution in [0, 0.1) is 5.92 Å². The van der Waals surface area contributed by atoms with Crippen molar-refractivity contribution in [2.45, 2.75) is 18.9 Å². The maximum atomic E-state index is 6.20. The van der Waals surface area contributed by atoms with Gasteiger partial charge in [0.05, 0.1) is 20.0 Å². The van der Waals surface area contributed by atoms with Crippen molar-refractivity contribution in [3.63, 3.8) is 0 Å². The number of hydrogen-bond acceptors (Lipinski definition) is 10. The molecule has 2 aliphatic rings. The van der Waals surface area contributed by atoms with Crippen molar-refractivity contribution >= 4 is 17.7 Å². The van der Waals surface area contributed by atoms with Crippen molar-refractivity contribution in [3.05, 3.63) is 42.7 Å². The summed E-state index contributed by atoms with van der Waals surface area (Å²) in [6.45, 7) is 4.40. The number of nitrogens with two attached hydrogens (primary N) is 1. The molecule has 0 bridgehead atoms. The highest BCUT2D eigenvalue weighted by Crippen LogP contribution is 2.28. The molecule has 5 heterocycles. The SMILES string of the molecule is COc1ccc(OCC2CCC3CN(c4nc(N)n5nc(-c6ccco6)nc5n4)CCN3C2)cc1. The van der Waals surface area contributed by atoms with Gasteiger partial charge in [-0.15, -0.1) is 5.10 Å². The zero-order valence-electron chi connectivity index (χ0n) is 19.6. The van der Waals surface area contributed by atoms with Crippen LogP contribution in [0.3, 0.4) is 0 Å². The van der Waals surface area contributed by atoms with Crippen LogP contribution < -0.4 is 20.1 Å². The van der Waals surface area contributed by atoms with Crippen LogP contribution in [-0.4, -0.2) is 75.4 Å². The predicted molar refractivity (Wildman–Crippen MR) is 129 cm³/mol. The summed E-state index contributed by atoms with van der Waals surface area (Å²) in [7, 11) is 1.67. The van der Waals surface area contributed by atoms with Crippen molar-refractivity contribution in [2.24, 2.45) is 5.92 Å². The van der Waals surface area contributed by atoms with E-state index in [1.54, 1.807) is 25.5 Å². The third-order valence-electron chi connectivity index (χ3n) is 6.80. The Balaban J connectivity index is 1.09. The Morgan fingerprint density at radius 1 is 1.03 bits per heavy atom. The smallest absolute Gasteiger partial charge is 0.259 e. The molecule has 11 nitrogen and oxygen atoms in total. The Bertz CT molecular complexity index is 1290. The molecule has 0 amide bonds. The molecule has 2 saturated heterocycles. The first-order chi connectivity index (χ1) is 17.2. The van der Waals surface area contributed by atoms with E-state index in [1.807, 2.05) is 24.3 Å². The van der Waals surface area contributed by atoms with Crippen molar-refractivity contribution < 1.29 is 13.9 Å². The summed E-state index contributed by atoms with van der Waals surface area (Å²) >= 11 is 0. The van der Waals surface area contributed by atoms with Crippen LogP contribution in [0.15, 0.2) is 47.1 Å². The highest BCUT2D eigenvalue weighted by Gasteiger charge is 2.34. The monoisotopic (exact) mass is 476 g/mol. The molecular formula is C24H28N8O3. The van der Waals surface area contributed by atoms with E-state index >= 15 is 0 Å². The van der Waals surface area contributed by atoms with E-state index < -0.39 is 0 Å². The van der Waals surface area contributed by atoms with Crippen LogP contribution in [0.5, 0.6) is 11.5 Å². The predicted octanol–water partition coefficient (Wildman–Crippen LogP) is 2.35. The molecule has 35 heavy (non-hydrogen) atoms. The van der Waals surface area contributed by atoms with Crippen molar-refractivity contribution in [1.29, 1.82) is 0 Å². The van der Waals surface area contributed by atoms with Gasteiger partial charge in [-0.2, -0.15) is 19.5 Å². The van der Waals surface area contributed by atoms with E-state index in [4.69, 9.17) is 19.6 Å². The molecule has 1 aromatic carbocycles. The largest absolute Gasteiger partial charge is 0.497 e. The fourth-order valence-corrected chi connectivity index (χ4v) is 4.91. The van der Waals surface area contributed by atoms with Crippen molar-refractivity contribution in [2.75, 3.05) is 50.5 Å². The van der Waals surface area contributed by atoms with E-state index in [2.05, 4.69) is 29.9 Å². The van der Waals surface area contributed by atoms with Gasteiger partial charge < -0.3 is 24.5 Å². The number of nitrogens with zero attached hydrogens (tertiary/aromatic N) is 7. The third-order valence-corrected chi connectivity index (χ3v) is 6.80. The summed E-state index contributed by atoms with van der Waals surface area (Å²) in [5, 5.41) is 4.38. The summed E-state index contributed by atoms with van der Waals surface area (Å²) in [6.07, 6.45) is 3.82. The van der Waals surface area contributed by atoms with E-state index in [0.717, 1.165) is 57.1 Å². The second-order valence-corrected chi connectivity index (χ2v) is 9.03. The van der Waals surface area contributed by atoms with Gasteiger partial charge >= 0.3 is 0 Å². The average molecular weight is 477 g/mol. The Morgan fingerprint density at radius 3 is 2.69 bits per heavy atom. The molecule has 11 heteroatoms. The molecule has 2 N–H and O–H groups in total. The minimum absolute atomic E-state index is 0.261. The first kappa shape index (κ1) is 21.7. The molecule has 0 saturated carbocycles. The Kier molecular flexibility index (Phi) is 5.61. The minimum atomic E-state index is 0.261. The van der Waals surface area contributed by atoms with Crippen LogP contribution in [0.1, 0.15) is 12.8 Å². The Labute approximate surface area is 202 Å². The molecule has 182 valence electrons. The van der Waals surface area contributed by atoms with Gasteiger partial charge in [-0.3, -0.25) is 4.90 Å². The van der Waals surface area contributed by atoms with Gasteiger partial charge in [0.15, 0.2) is 5.76 Å². The quantitative estimate of drug-likeness (QED) is 0.444. The topological polar surface area (TPSA) is 120 Å². The molecule has 4 aromatic rings. The van der Waals surface area contributed by atoms with Crippen LogP contribution >= 0.6 is 0 Å². The summed E-state index contributed by atoms with van der Waals surface area (Å²) in [6, 6.07) is 11.8. The van der Waals surface area contributed by atoms with Gasteiger partial charge in [-0.05, 0) is 49.2 Å². The number of anilines is 2. The van der Waals surface area contributed by atoms with E-state index in [9.17, 15) is 0 Å². The molecule has 2 atom stereocenters. The second kappa shape index (κ2) is 9.06. The van der Waals surface area contributed by atoms with Gasteiger partial charge in [0.1, 0.15) is 11.5 Å². The zero-order valence-corrected chi connectivity index (χ0v) is 19.6. The number of hydrogen-bond donors (Lipinski definition) is 1. The van der Waals surface area contributed by atoms with Gasteiger partial charge in [-0.1, -0.05) is 0 Å². The number of rotatable bonds is 6. The number of furan rings is 1. The molecular weight excluding hydrogens is 448 g/mol. The number of aromatic nitrogens is 5. The molecule has 0 spiro atoms. The van der Waals surface area contributed by atoms with E-state index in [-0.39, 0.29) is 5.95 Å². The first-order valence-electron chi connectivity index (χ1n) is 11.9. The molecule has 2 fully saturated rings. The third kappa shape index (κ3) is 4.34. The van der Waals surface area contributed by atoms with Gasteiger partial charge in [-0.25, -0.2) is 0 Å². The number of fused-ring (bicyclic) bond motifs is 2. The number of benzene rings is 1. The lowest BCUT2D eigenvalue weighted by molar-refractivity contribution is 0.0725. The lowest BCUT2D eigenvalue weighted by Gasteiger charge is -2.46. The Morgan fingerprint density at radius 2 is 1.89 bits per heavy atom. The standard InChI is InChI=1S/C24H28N8O3/c1-33-18-6-8-19(9-7-18)35-15-16-4-5-17-14-31(11-10-30(17)13-16)23-27-22(25)32-24(28-23)26-21(29-32)20-3-2-12-34-20/h2-3,6-9,12,16-17H,4-5,10-11,13-15H2,1H3,(H2,25,26,27,28,29). The second-order valence-electron chi connectivity index (χ2n) is 9.03. The summed E-state index contributed by atoms with van der Waals surface area (Å²) in [5.74, 6) is 4.51. The van der Waals surface area contributed by atoms with Crippen LogP contribution in [0.4, 0.5) is 11.9 Å². The van der Waals surface area contributed by atoms with Crippen LogP contribution in [0.2, 0.25) is 0 Å². The lowest BCUT2D eigenvalue weighted by Crippen LogP contribution is -2.57. The molecule has 3 aromatic heterocycles. The molecule has 2 aliphatic heterocycles. The summed E-state index contributed by atoms with van der Waals surface area (Å²) in [5.41, 5.74) is 6.20. The van der Waals surface area contributed by atoms with E-state index in [0.29, 0.717) is 35.3 Å². The highest BCUT2D eigenvalue weighted by atomic mass is 16.5. The number of ether oxygens (including phenoxy) is 2. The van der Waals surface area contributed by atoms with Gasteiger partial charge in [0.2, 0.25) is 17.7 Å². The number of nitrogen functional groups attached to an aromatic ring is 1. The van der Waals surface area contributed by atoms with Crippen LogP contribution in [0.25, 0.3) is 17.4 Å². The zero-order chi connectivity index (χ0) is 23.8.